The molecule has 1 aliphatic heterocycles. The second-order valence-electron chi connectivity index (χ2n) is 15.8. The van der Waals surface area contributed by atoms with E-state index in [0.717, 1.165) is 39.0 Å². The van der Waals surface area contributed by atoms with Gasteiger partial charge in [-0.05, 0) is 83.0 Å². The fourth-order valence-electron chi connectivity index (χ4n) is 6.60. The Morgan fingerprint density at radius 3 is 2.06 bits per heavy atom. The Balaban J connectivity index is 0.00000448. The van der Waals surface area contributed by atoms with E-state index in [1.807, 2.05) is 24.4 Å². The first-order chi connectivity index (χ1) is 23.7. The summed E-state index contributed by atoms with van der Waals surface area (Å²) in [5.41, 5.74) is 10.4. The third kappa shape index (κ3) is 6.98. The van der Waals surface area contributed by atoms with Crippen molar-refractivity contribution in [1.29, 1.82) is 0 Å². The molecule has 5 nitrogen and oxygen atoms in total. The molecule has 0 spiro atoms. The van der Waals surface area contributed by atoms with Crippen LogP contribution in [0.3, 0.4) is 0 Å². The number of hydrogen-bond donors (Lipinski definition) is 0. The minimum atomic E-state index is 0. The summed E-state index contributed by atoms with van der Waals surface area (Å²) < 4.78 is 8.69. The molecule has 7 rings (SSSR count). The summed E-state index contributed by atoms with van der Waals surface area (Å²) in [5, 5.41) is 2.26. The van der Waals surface area contributed by atoms with E-state index in [9.17, 15) is 0 Å². The van der Waals surface area contributed by atoms with Crippen LogP contribution in [-0.2, 0) is 31.9 Å². The van der Waals surface area contributed by atoms with E-state index >= 15 is 0 Å². The molecule has 0 unspecified atom stereocenters. The van der Waals surface area contributed by atoms with Crippen LogP contribution in [0.2, 0.25) is 0 Å². The van der Waals surface area contributed by atoms with Crippen molar-refractivity contribution in [1.82, 2.24) is 9.55 Å². The Kier molecular flexibility index (Phi) is 9.76. The van der Waals surface area contributed by atoms with Gasteiger partial charge in [-0.2, -0.15) is 12.1 Å². The number of benzene rings is 4. The van der Waals surface area contributed by atoms with Crippen LogP contribution in [0, 0.1) is 18.8 Å². The van der Waals surface area contributed by atoms with Gasteiger partial charge in [-0.3, -0.25) is 0 Å². The minimum Gasteiger partial charge on any atom is -0.509 e. The van der Waals surface area contributed by atoms with Crippen molar-refractivity contribution in [2.24, 2.45) is 0 Å². The molecule has 4 aromatic carbocycles. The molecule has 2 aromatic heterocycles. The summed E-state index contributed by atoms with van der Waals surface area (Å²) in [6, 6.07) is 37.0. The third-order valence-electron chi connectivity index (χ3n) is 9.86. The molecule has 0 radical (unpaired) electrons. The van der Waals surface area contributed by atoms with Crippen molar-refractivity contribution in [3.05, 3.63) is 138 Å². The monoisotopic (exact) mass is 854 g/mol. The first kappa shape index (κ1) is 36.4. The van der Waals surface area contributed by atoms with Crippen LogP contribution in [0.4, 0.5) is 11.4 Å². The van der Waals surface area contributed by atoms with Crippen molar-refractivity contribution in [2.45, 2.75) is 86.0 Å². The molecule has 3 heterocycles. The summed E-state index contributed by atoms with van der Waals surface area (Å²) in [5.74, 6) is 2.52. The van der Waals surface area contributed by atoms with Gasteiger partial charge in [0.2, 0.25) is 0 Å². The predicted octanol–water partition coefficient (Wildman–Crippen LogP) is 12.0. The van der Waals surface area contributed by atoms with Crippen molar-refractivity contribution < 1.29 is 25.8 Å². The van der Waals surface area contributed by atoms with Crippen molar-refractivity contribution in [2.75, 3.05) is 9.80 Å². The van der Waals surface area contributed by atoms with E-state index in [1.165, 1.54) is 28.1 Å². The molecule has 0 fully saturated rings. The first-order valence-corrected chi connectivity index (χ1v) is 17.6. The quantitative estimate of drug-likeness (QED) is 0.156. The maximum Gasteiger partial charge on any atom is 0.135 e. The van der Waals surface area contributed by atoms with Gasteiger partial charge in [0.1, 0.15) is 5.82 Å². The fraction of sp³-hybridized carbons (Fsp3) is 0.289. The second-order valence-corrected chi connectivity index (χ2v) is 15.8. The zero-order chi connectivity index (χ0) is 35.5. The van der Waals surface area contributed by atoms with Gasteiger partial charge in [0, 0.05) is 61.4 Å². The van der Waals surface area contributed by atoms with Crippen LogP contribution >= 0.6 is 0 Å². The number of nitrogens with zero attached hydrogens (tertiary/aromatic N) is 4. The molecule has 6 heteroatoms. The maximum atomic E-state index is 6.50. The Labute approximate surface area is 318 Å². The third-order valence-corrected chi connectivity index (χ3v) is 9.86. The van der Waals surface area contributed by atoms with Crippen molar-refractivity contribution >= 4 is 33.2 Å². The van der Waals surface area contributed by atoms with Gasteiger partial charge in [-0.15, -0.1) is 48.1 Å². The average molecular weight is 855 g/mol. The normalized spacial score (nSPS) is 13.9. The SMILES string of the molecule is CC1=C(C)N(c2cc(C(C)(C)C)cc(C(C)(C)C)c2)[CH-]N1c1[c-]c(Oc2[c-]c3c(cc2)c2ccccc2n3-c2cc(C(C)C)ccn2)ccc1.[Pt]. The number of fused-ring (bicyclic) bond motifs is 3. The summed E-state index contributed by atoms with van der Waals surface area (Å²) >= 11 is 0. The number of pyridine rings is 1. The van der Waals surface area contributed by atoms with Crippen LogP contribution in [0.1, 0.15) is 91.8 Å². The summed E-state index contributed by atoms with van der Waals surface area (Å²) in [7, 11) is 0. The maximum absolute atomic E-state index is 6.50. The predicted molar refractivity (Wildman–Crippen MR) is 208 cm³/mol. The molecule has 0 N–H and O–H groups in total. The molecule has 0 atom stereocenters. The zero-order valence-corrected chi connectivity index (χ0v) is 33.6. The molecule has 51 heavy (non-hydrogen) atoms. The van der Waals surface area contributed by atoms with Crippen LogP contribution < -0.4 is 14.5 Å². The average Bonchev–Trinajstić information content (AvgIpc) is 3.57. The van der Waals surface area contributed by atoms with Crippen LogP contribution in [-0.4, -0.2) is 9.55 Å². The summed E-state index contributed by atoms with van der Waals surface area (Å²) in [6.45, 7) is 24.6. The molecule has 0 bridgehead atoms. The number of ether oxygens (including phenoxy) is 1. The van der Waals surface area contributed by atoms with Gasteiger partial charge >= 0.3 is 0 Å². The number of aromatic nitrogens is 2. The van der Waals surface area contributed by atoms with Gasteiger partial charge in [0.15, 0.2) is 0 Å². The van der Waals surface area contributed by atoms with Gasteiger partial charge in [0.25, 0.3) is 0 Å². The number of anilines is 2. The van der Waals surface area contributed by atoms with E-state index < -0.39 is 0 Å². The summed E-state index contributed by atoms with van der Waals surface area (Å²) in [6.07, 6.45) is 1.89. The van der Waals surface area contributed by atoms with Gasteiger partial charge in [0.05, 0.1) is 0 Å². The van der Waals surface area contributed by atoms with Gasteiger partial charge in [-0.1, -0.05) is 85.2 Å². The van der Waals surface area contributed by atoms with Gasteiger partial charge in [-0.25, -0.2) is 4.98 Å². The van der Waals surface area contributed by atoms with E-state index in [1.54, 1.807) is 0 Å². The molecule has 1 aliphatic rings. The Morgan fingerprint density at radius 1 is 0.706 bits per heavy atom. The molecule has 0 saturated heterocycles. The number of rotatable bonds is 6. The van der Waals surface area contributed by atoms with E-state index in [2.05, 4.69) is 169 Å². The first-order valence-electron chi connectivity index (χ1n) is 17.6. The Morgan fingerprint density at radius 2 is 1.37 bits per heavy atom. The number of hydrogen-bond acceptors (Lipinski definition) is 4. The van der Waals surface area contributed by atoms with Crippen molar-refractivity contribution in [3.63, 3.8) is 0 Å². The Hall–Kier alpha value is -4.34. The van der Waals surface area contributed by atoms with Crippen LogP contribution in [0.15, 0.2) is 103 Å². The number of allylic oxidation sites excluding steroid dienone is 2. The molecular formula is C45H47N4OPt-3. The molecule has 0 amide bonds. The summed E-state index contributed by atoms with van der Waals surface area (Å²) in [4.78, 5) is 9.28. The van der Waals surface area contributed by atoms with E-state index in [4.69, 9.17) is 9.72 Å². The Bertz CT molecular complexity index is 2230. The largest absolute Gasteiger partial charge is 0.509 e. The second kappa shape index (κ2) is 13.7. The molecule has 0 aliphatic carbocycles. The minimum absolute atomic E-state index is 0. The molecule has 266 valence electrons. The molecule has 0 saturated carbocycles. The zero-order valence-electron chi connectivity index (χ0n) is 31.3. The number of para-hydroxylation sites is 1. The van der Waals surface area contributed by atoms with Crippen molar-refractivity contribution in [3.8, 4) is 17.3 Å². The standard InChI is InChI=1S/C45H47N4O.Pt/c1-29(2)32-20-21-46-43(22-32)49-41-17-12-11-16-39(41)40-19-18-38(27-42(40)49)50-37-15-13-14-35(26-37)47-28-48(31(4)30(47)3)36-24-33(44(5,6)7)23-34(25-36)45(8,9)10;/h11-25,28-29H,1-10H3;/q-3;. The topological polar surface area (TPSA) is 33.5 Å². The van der Waals surface area contributed by atoms with E-state index in [0.29, 0.717) is 17.4 Å². The van der Waals surface area contributed by atoms with Crippen LogP contribution in [0.5, 0.6) is 11.5 Å². The molecule has 6 aromatic rings. The smallest absolute Gasteiger partial charge is 0.135 e. The van der Waals surface area contributed by atoms with Gasteiger partial charge < -0.3 is 19.1 Å². The molecular weight excluding hydrogens is 808 g/mol. The van der Waals surface area contributed by atoms with E-state index in [-0.39, 0.29) is 31.9 Å². The fourth-order valence-corrected chi connectivity index (χ4v) is 6.60. The van der Waals surface area contributed by atoms with Crippen LogP contribution in [0.25, 0.3) is 27.6 Å².